The summed E-state index contributed by atoms with van der Waals surface area (Å²) in [4.78, 5) is 12.2. The Labute approximate surface area is 123 Å². The summed E-state index contributed by atoms with van der Waals surface area (Å²) in [7, 11) is 0. The molecule has 108 valence electrons. The number of nitrogens with one attached hydrogen (secondary N) is 2. The molecule has 4 aromatic heterocycles. The lowest BCUT2D eigenvalue weighted by Crippen LogP contribution is -2.14. The highest BCUT2D eigenvalue weighted by Gasteiger charge is 2.15. The summed E-state index contributed by atoms with van der Waals surface area (Å²) < 4.78 is 6.93. The molecule has 0 saturated carbocycles. The van der Waals surface area contributed by atoms with E-state index in [2.05, 4.69) is 25.7 Å². The monoisotopic (exact) mass is 294 g/mol. The van der Waals surface area contributed by atoms with Gasteiger partial charge in [-0.25, -0.2) is 0 Å². The average Bonchev–Trinajstić information content (AvgIpc) is 3.28. The number of fused-ring (bicyclic) bond motifs is 1. The molecule has 0 bridgehead atoms. The van der Waals surface area contributed by atoms with Gasteiger partial charge in [0.25, 0.3) is 5.91 Å². The highest BCUT2D eigenvalue weighted by molar-refractivity contribution is 6.02. The lowest BCUT2D eigenvalue weighted by atomic mass is 10.3. The molecule has 0 aliphatic carbocycles. The van der Waals surface area contributed by atoms with Crippen LogP contribution < -0.4 is 5.32 Å². The molecule has 4 heterocycles. The smallest absolute Gasteiger partial charge is 0.278 e. The van der Waals surface area contributed by atoms with E-state index in [1.54, 1.807) is 41.1 Å². The van der Waals surface area contributed by atoms with E-state index in [1.807, 2.05) is 12.1 Å². The van der Waals surface area contributed by atoms with E-state index in [0.29, 0.717) is 23.0 Å². The number of hydrogen-bond donors (Lipinski definition) is 2. The fourth-order valence-corrected chi connectivity index (χ4v) is 2.09. The lowest BCUT2D eigenvalue weighted by Gasteiger charge is -2.00. The molecule has 0 fully saturated rings. The van der Waals surface area contributed by atoms with Crippen LogP contribution in [0.15, 0.2) is 53.3 Å². The highest BCUT2D eigenvalue weighted by atomic mass is 16.3. The Morgan fingerprint density at radius 3 is 3.05 bits per heavy atom. The third kappa shape index (κ3) is 2.03. The number of furan rings is 1. The number of H-pyrrole nitrogens is 1. The van der Waals surface area contributed by atoms with Gasteiger partial charge < -0.3 is 4.42 Å². The maximum atomic E-state index is 12.2. The molecular formula is C14H10N6O2. The predicted molar refractivity (Wildman–Crippen MR) is 77.2 cm³/mol. The van der Waals surface area contributed by atoms with Gasteiger partial charge in [-0.1, -0.05) is 6.07 Å². The van der Waals surface area contributed by atoms with Gasteiger partial charge in [-0.3, -0.25) is 19.6 Å². The van der Waals surface area contributed by atoms with Gasteiger partial charge >= 0.3 is 0 Å². The largest absolute Gasteiger partial charge is 0.463 e. The van der Waals surface area contributed by atoms with Crippen molar-refractivity contribution >= 4 is 17.5 Å². The number of nitrogens with zero attached hydrogens (tertiary/aromatic N) is 4. The van der Waals surface area contributed by atoms with Gasteiger partial charge in [-0.2, -0.15) is 5.10 Å². The molecule has 4 rings (SSSR count). The first-order valence-corrected chi connectivity index (χ1v) is 6.52. The van der Waals surface area contributed by atoms with Crippen LogP contribution in [-0.4, -0.2) is 30.7 Å². The second-order valence-electron chi connectivity index (χ2n) is 4.55. The molecule has 2 N–H and O–H groups in total. The van der Waals surface area contributed by atoms with Gasteiger partial charge in [0.2, 0.25) is 5.95 Å². The molecule has 0 saturated heterocycles. The zero-order valence-electron chi connectivity index (χ0n) is 11.2. The summed E-state index contributed by atoms with van der Waals surface area (Å²) in [6, 6.07) is 10.6. The molecular weight excluding hydrogens is 284 g/mol. The minimum atomic E-state index is -0.382. The number of pyridine rings is 1. The van der Waals surface area contributed by atoms with Gasteiger partial charge in [0.1, 0.15) is 5.69 Å². The number of rotatable bonds is 3. The Bertz CT molecular complexity index is 937. The Hall–Kier alpha value is -3.42. The molecule has 0 spiro atoms. The van der Waals surface area contributed by atoms with Gasteiger partial charge in [0.05, 0.1) is 6.26 Å². The van der Waals surface area contributed by atoms with Crippen LogP contribution in [0.1, 0.15) is 10.5 Å². The Morgan fingerprint density at radius 2 is 2.18 bits per heavy atom. The van der Waals surface area contributed by atoms with Crippen molar-refractivity contribution in [1.82, 2.24) is 24.8 Å². The van der Waals surface area contributed by atoms with E-state index in [9.17, 15) is 4.79 Å². The Balaban J connectivity index is 1.60. The van der Waals surface area contributed by atoms with Crippen molar-refractivity contribution in [2.45, 2.75) is 0 Å². The van der Waals surface area contributed by atoms with Crippen LogP contribution in [0.5, 0.6) is 0 Å². The van der Waals surface area contributed by atoms with Crippen LogP contribution >= 0.6 is 0 Å². The predicted octanol–water partition coefficient (Wildman–Crippen LogP) is 1.96. The standard InChI is InChI=1S/C14H10N6O2/c21-13(10-8-9(16-17-10)11-4-3-7-22-11)15-14-19-18-12-5-1-2-6-20(12)14/h1-8H,(H,16,17)(H,15,19,21). The van der Waals surface area contributed by atoms with Crippen LogP contribution in [0, 0.1) is 0 Å². The molecule has 0 aliphatic heterocycles. The van der Waals surface area contributed by atoms with E-state index in [4.69, 9.17) is 4.42 Å². The minimum absolute atomic E-state index is 0.235. The van der Waals surface area contributed by atoms with Crippen molar-refractivity contribution in [3.8, 4) is 11.5 Å². The average molecular weight is 294 g/mol. The van der Waals surface area contributed by atoms with E-state index in [1.165, 1.54) is 0 Å². The first-order chi connectivity index (χ1) is 10.8. The number of carbonyl (C=O) groups excluding carboxylic acids is 1. The van der Waals surface area contributed by atoms with Crippen molar-refractivity contribution in [1.29, 1.82) is 0 Å². The molecule has 0 atom stereocenters. The molecule has 4 aromatic rings. The summed E-state index contributed by atoms with van der Waals surface area (Å²) in [5.74, 6) is 0.565. The van der Waals surface area contributed by atoms with Gasteiger partial charge in [0, 0.05) is 12.3 Å². The molecule has 8 nitrogen and oxygen atoms in total. The molecule has 0 radical (unpaired) electrons. The molecule has 0 unspecified atom stereocenters. The summed E-state index contributed by atoms with van der Waals surface area (Å²) in [6.07, 6.45) is 3.32. The van der Waals surface area contributed by atoms with Crippen LogP contribution in [0.2, 0.25) is 0 Å². The van der Waals surface area contributed by atoms with E-state index in [0.717, 1.165) is 0 Å². The second-order valence-corrected chi connectivity index (χ2v) is 4.55. The number of aromatic amines is 1. The quantitative estimate of drug-likeness (QED) is 0.601. The van der Waals surface area contributed by atoms with Crippen LogP contribution in [0.3, 0.4) is 0 Å². The summed E-state index contributed by atoms with van der Waals surface area (Å²) in [6.45, 7) is 0. The van der Waals surface area contributed by atoms with Crippen molar-refractivity contribution < 1.29 is 9.21 Å². The summed E-state index contributed by atoms with van der Waals surface area (Å²) in [5, 5.41) is 17.3. The summed E-state index contributed by atoms with van der Waals surface area (Å²) in [5.41, 5.74) is 1.51. The second kappa shape index (κ2) is 4.85. The van der Waals surface area contributed by atoms with E-state index in [-0.39, 0.29) is 11.6 Å². The molecule has 8 heteroatoms. The first-order valence-electron chi connectivity index (χ1n) is 6.52. The number of carbonyl (C=O) groups is 1. The fraction of sp³-hybridized carbons (Fsp3) is 0. The number of aromatic nitrogens is 5. The minimum Gasteiger partial charge on any atom is -0.463 e. The zero-order valence-corrected chi connectivity index (χ0v) is 11.2. The molecule has 22 heavy (non-hydrogen) atoms. The zero-order chi connectivity index (χ0) is 14.9. The SMILES string of the molecule is O=C(Nc1nnc2ccccn12)c1cc(-c2ccco2)[nH]n1. The number of amides is 1. The van der Waals surface area contributed by atoms with E-state index >= 15 is 0 Å². The van der Waals surface area contributed by atoms with Crippen molar-refractivity contribution in [3.05, 3.63) is 54.6 Å². The van der Waals surface area contributed by atoms with Crippen LogP contribution in [0.25, 0.3) is 17.1 Å². The van der Waals surface area contributed by atoms with Gasteiger partial charge in [-0.05, 0) is 24.3 Å². The van der Waals surface area contributed by atoms with Gasteiger partial charge in [0.15, 0.2) is 17.1 Å². The fourth-order valence-electron chi connectivity index (χ4n) is 2.09. The molecule has 0 aliphatic rings. The number of hydrogen-bond acceptors (Lipinski definition) is 5. The number of anilines is 1. The van der Waals surface area contributed by atoms with Crippen molar-refractivity contribution in [3.63, 3.8) is 0 Å². The maximum Gasteiger partial charge on any atom is 0.278 e. The van der Waals surface area contributed by atoms with E-state index < -0.39 is 0 Å². The molecule has 1 amide bonds. The summed E-state index contributed by atoms with van der Waals surface area (Å²) >= 11 is 0. The Morgan fingerprint density at radius 1 is 1.23 bits per heavy atom. The third-order valence-electron chi connectivity index (χ3n) is 3.14. The van der Waals surface area contributed by atoms with Crippen LogP contribution in [-0.2, 0) is 0 Å². The topological polar surface area (TPSA) is 101 Å². The van der Waals surface area contributed by atoms with Crippen molar-refractivity contribution in [2.75, 3.05) is 5.32 Å². The third-order valence-corrected chi connectivity index (χ3v) is 3.14. The first kappa shape index (κ1) is 12.3. The van der Waals surface area contributed by atoms with Gasteiger partial charge in [-0.15, -0.1) is 10.2 Å². The molecule has 0 aromatic carbocycles. The highest BCUT2D eigenvalue weighted by Crippen LogP contribution is 2.18. The van der Waals surface area contributed by atoms with Crippen LogP contribution in [0.4, 0.5) is 5.95 Å². The van der Waals surface area contributed by atoms with Crippen molar-refractivity contribution in [2.24, 2.45) is 0 Å². The normalized spacial score (nSPS) is 10.9. The maximum absolute atomic E-state index is 12.2. The lowest BCUT2D eigenvalue weighted by molar-refractivity contribution is 0.102. The Kier molecular flexibility index (Phi) is 2.72.